The van der Waals surface area contributed by atoms with Crippen molar-refractivity contribution in [1.29, 1.82) is 0 Å². The van der Waals surface area contributed by atoms with Crippen molar-refractivity contribution in [3.8, 4) is 0 Å². The first-order valence-corrected chi connectivity index (χ1v) is 9.09. The summed E-state index contributed by atoms with van der Waals surface area (Å²) in [7, 11) is 0. The lowest BCUT2D eigenvalue weighted by molar-refractivity contribution is 0.00780. The minimum absolute atomic E-state index is 0.0385. The third-order valence-electron chi connectivity index (χ3n) is 4.25. The predicted molar refractivity (Wildman–Crippen MR) is 92.2 cm³/mol. The van der Waals surface area contributed by atoms with Gasteiger partial charge in [-0.1, -0.05) is 17.8 Å². The molecular formula is C16H20N6OS. The van der Waals surface area contributed by atoms with E-state index in [0.29, 0.717) is 16.7 Å². The molecule has 3 aromatic heterocycles. The van der Waals surface area contributed by atoms with Crippen LogP contribution in [0.3, 0.4) is 0 Å². The van der Waals surface area contributed by atoms with Crippen molar-refractivity contribution in [2.24, 2.45) is 0 Å². The third-order valence-corrected chi connectivity index (χ3v) is 5.23. The normalized spacial score (nSPS) is 18.3. The van der Waals surface area contributed by atoms with Crippen LogP contribution in [0.15, 0.2) is 29.6 Å². The molecule has 0 saturated carbocycles. The zero-order valence-corrected chi connectivity index (χ0v) is 14.4. The monoisotopic (exact) mass is 344 g/mol. The van der Waals surface area contributed by atoms with E-state index in [0.717, 1.165) is 42.9 Å². The summed E-state index contributed by atoms with van der Waals surface area (Å²) in [6.45, 7) is 2.83. The summed E-state index contributed by atoms with van der Waals surface area (Å²) in [6.07, 6.45) is 5.21. The Bertz CT molecular complexity index is 851. The fraction of sp³-hybridized carbons (Fsp3) is 0.438. The maximum atomic E-state index is 6.16. The Morgan fingerprint density at radius 3 is 3.04 bits per heavy atom. The van der Waals surface area contributed by atoms with Gasteiger partial charge in [-0.25, -0.2) is 9.66 Å². The third kappa shape index (κ3) is 2.87. The van der Waals surface area contributed by atoms with Gasteiger partial charge in [-0.2, -0.15) is 0 Å². The number of imidazole rings is 1. The first-order valence-electron chi connectivity index (χ1n) is 8.11. The smallest absolute Gasteiger partial charge is 0.210 e. The lowest BCUT2D eigenvalue weighted by atomic mass is 10.1. The summed E-state index contributed by atoms with van der Waals surface area (Å²) >= 11 is 1.54. The SMILES string of the molecule is Cc1cccc2nc(CSc3nnc(C4CCCCO4)n3N)cn12. The number of thioether (sulfide) groups is 1. The van der Waals surface area contributed by atoms with Gasteiger partial charge in [-0.15, -0.1) is 10.2 Å². The van der Waals surface area contributed by atoms with Crippen molar-refractivity contribution in [2.45, 2.75) is 43.2 Å². The van der Waals surface area contributed by atoms with Crippen molar-refractivity contribution in [2.75, 3.05) is 12.4 Å². The molecule has 4 rings (SSSR count). The van der Waals surface area contributed by atoms with Crippen molar-refractivity contribution < 1.29 is 4.74 Å². The Kier molecular flexibility index (Phi) is 4.15. The molecule has 8 heteroatoms. The van der Waals surface area contributed by atoms with Crippen LogP contribution < -0.4 is 5.84 Å². The molecule has 1 fully saturated rings. The molecule has 1 aliphatic heterocycles. The molecule has 0 spiro atoms. The molecular weight excluding hydrogens is 324 g/mol. The van der Waals surface area contributed by atoms with Gasteiger partial charge in [0, 0.05) is 24.3 Å². The summed E-state index contributed by atoms with van der Waals surface area (Å²) in [5.74, 6) is 7.57. The van der Waals surface area contributed by atoms with E-state index >= 15 is 0 Å². The molecule has 1 saturated heterocycles. The van der Waals surface area contributed by atoms with E-state index in [1.54, 1.807) is 4.68 Å². The number of nitrogens with two attached hydrogens (primary N) is 1. The molecule has 4 heterocycles. The number of aryl methyl sites for hydroxylation is 1. The topological polar surface area (TPSA) is 83.3 Å². The summed E-state index contributed by atoms with van der Waals surface area (Å²) in [5.41, 5.74) is 3.11. The summed E-state index contributed by atoms with van der Waals surface area (Å²) in [4.78, 5) is 4.63. The maximum Gasteiger partial charge on any atom is 0.210 e. The van der Waals surface area contributed by atoms with Crippen LogP contribution in [0.5, 0.6) is 0 Å². The highest BCUT2D eigenvalue weighted by atomic mass is 32.2. The van der Waals surface area contributed by atoms with Crippen LogP contribution >= 0.6 is 11.8 Å². The van der Waals surface area contributed by atoms with Crippen LogP contribution in [0.1, 0.15) is 42.6 Å². The first-order chi connectivity index (χ1) is 11.7. The Balaban J connectivity index is 1.49. The highest BCUT2D eigenvalue weighted by molar-refractivity contribution is 7.98. The first kappa shape index (κ1) is 15.5. The molecule has 0 bridgehead atoms. The van der Waals surface area contributed by atoms with Gasteiger partial charge in [0.25, 0.3) is 0 Å². The molecule has 1 atom stereocenters. The largest absolute Gasteiger partial charge is 0.370 e. The molecule has 7 nitrogen and oxygen atoms in total. The van der Waals surface area contributed by atoms with E-state index in [1.165, 1.54) is 11.8 Å². The molecule has 0 radical (unpaired) electrons. The van der Waals surface area contributed by atoms with E-state index in [-0.39, 0.29) is 6.10 Å². The van der Waals surface area contributed by atoms with Crippen LogP contribution in [0.2, 0.25) is 0 Å². The summed E-state index contributed by atoms with van der Waals surface area (Å²) in [5, 5.41) is 9.13. The summed E-state index contributed by atoms with van der Waals surface area (Å²) in [6, 6.07) is 6.09. The van der Waals surface area contributed by atoms with Crippen LogP contribution in [0.4, 0.5) is 0 Å². The number of nitrogens with zero attached hydrogens (tertiary/aromatic N) is 5. The molecule has 2 N–H and O–H groups in total. The second kappa shape index (κ2) is 6.45. The highest BCUT2D eigenvalue weighted by Crippen LogP contribution is 2.28. The molecule has 126 valence electrons. The second-order valence-corrected chi connectivity index (χ2v) is 6.92. The fourth-order valence-electron chi connectivity index (χ4n) is 2.96. The Morgan fingerprint density at radius 1 is 1.33 bits per heavy atom. The van der Waals surface area contributed by atoms with E-state index < -0.39 is 0 Å². The number of fused-ring (bicyclic) bond motifs is 1. The van der Waals surface area contributed by atoms with Crippen molar-refractivity contribution in [1.82, 2.24) is 24.3 Å². The lowest BCUT2D eigenvalue weighted by Crippen LogP contribution is -2.21. The van der Waals surface area contributed by atoms with Crippen molar-refractivity contribution in [3.63, 3.8) is 0 Å². The number of nitrogen functional groups attached to an aromatic ring is 1. The van der Waals surface area contributed by atoms with Crippen molar-refractivity contribution >= 4 is 17.4 Å². The number of hydrogen-bond acceptors (Lipinski definition) is 6. The fourth-order valence-corrected chi connectivity index (χ4v) is 3.70. The zero-order chi connectivity index (χ0) is 16.5. The number of ether oxygens (including phenoxy) is 1. The van der Waals surface area contributed by atoms with Crippen LogP contribution in [-0.4, -0.2) is 30.9 Å². The minimum atomic E-state index is -0.0385. The lowest BCUT2D eigenvalue weighted by Gasteiger charge is -2.21. The van der Waals surface area contributed by atoms with Gasteiger partial charge in [-0.05, 0) is 38.3 Å². The van der Waals surface area contributed by atoms with Gasteiger partial charge in [0.15, 0.2) is 5.82 Å². The van der Waals surface area contributed by atoms with E-state index in [9.17, 15) is 0 Å². The number of hydrogen-bond donors (Lipinski definition) is 1. The van der Waals surface area contributed by atoms with Gasteiger partial charge in [0.2, 0.25) is 5.16 Å². The van der Waals surface area contributed by atoms with Gasteiger partial charge in [-0.3, -0.25) is 0 Å². The van der Waals surface area contributed by atoms with E-state index in [4.69, 9.17) is 10.6 Å². The highest BCUT2D eigenvalue weighted by Gasteiger charge is 2.23. The molecule has 1 aliphatic rings. The van der Waals surface area contributed by atoms with Crippen LogP contribution in [-0.2, 0) is 10.5 Å². The molecule has 3 aromatic rings. The Morgan fingerprint density at radius 2 is 2.25 bits per heavy atom. The van der Waals surface area contributed by atoms with Gasteiger partial charge in [0.05, 0.1) is 5.69 Å². The number of rotatable bonds is 4. The maximum absolute atomic E-state index is 6.16. The molecule has 24 heavy (non-hydrogen) atoms. The van der Waals surface area contributed by atoms with Gasteiger partial charge >= 0.3 is 0 Å². The number of pyridine rings is 1. The molecule has 0 aliphatic carbocycles. The molecule has 0 amide bonds. The average molecular weight is 344 g/mol. The van der Waals surface area contributed by atoms with Gasteiger partial charge < -0.3 is 15.0 Å². The van der Waals surface area contributed by atoms with E-state index in [1.807, 2.05) is 12.1 Å². The number of aromatic nitrogens is 5. The van der Waals surface area contributed by atoms with Crippen LogP contribution in [0, 0.1) is 6.92 Å². The van der Waals surface area contributed by atoms with Gasteiger partial charge in [0.1, 0.15) is 11.8 Å². The quantitative estimate of drug-likeness (QED) is 0.578. The standard InChI is InChI=1S/C16H20N6OS/c1-11-5-4-7-14-18-12(9-21(11)14)10-24-16-20-19-15(22(16)17)13-6-2-3-8-23-13/h4-5,7,9,13H,2-3,6,8,10,17H2,1H3. The Hall–Kier alpha value is -2.06. The second-order valence-electron chi connectivity index (χ2n) is 5.98. The zero-order valence-electron chi connectivity index (χ0n) is 13.6. The minimum Gasteiger partial charge on any atom is -0.370 e. The Labute approximate surface area is 144 Å². The average Bonchev–Trinajstić information content (AvgIpc) is 3.18. The molecule has 0 aromatic carbocycles. The summed E-state index contributed by atoms with van der Waals surface area (Å²) < 4.78 is 9.39. The molecule has 1 unspecified atom stereocenters. The van der Waals surface area contributed by atoms with Crippen molar-refractivity contribution in [3.05, 3.63) is 41.6 Å². The predicted octanol–water partition coefficient (Wildman–Crippen LogP) is 2.48. The van der Waals surface area contributed by atoms with E-state index in [2.05, 4.69) is 38.8 Å². The van der Waals surface area contributed by atoms with Crippen LogP contribution in [0.25, 0.3) is 5.65 Å².